The Hall–Kier alpha value is -1.85. The summed E-state index contributed by atoms with van der Waals surface area (Å²) >= 11 is 0. The van der Waals surface area contributed by atoms with Crippen LogP contribution < -0.4 is 5.32 Å². The van der Waals surface area contributed by atoms with Gasteiger partial charge in [0, 0.05) is 19.3 Å². The largest absolute Gasteiger partial charge is 0.481 e. The zero-order chi connectivity index (χ0) is 14.9. The summed E-state index contributed by atoms with van der Waals surface area (Å²) in [5, 5.41) is 16.2. The second-order valence-corrected chi connectivity index (χ2v) is 5.77. The normalized spacial score (nSPS) is 22.2. The molecule has 6 nitrogen and oxygen atoms in total. The molecule has 0 saturated heterocycles. The van der Waals surface area contributed by atoms with Crippen LogP contribution in [0.15, 0.2) is 6.20 Å². The van der Waals surface area contributed by atoms with E-state index in [0.29, 0.717) is 18.4 Å². The van der Waals surface area contributed by atoms with Crippen molar-refractivity contribution in [3.8, 4) is 0 Å². The summed E-state index contributed by atoms with van der Waals surface area (Å²) in [5.74, 6) is -1.09. The van der Waals surface area contributed by atoms with Crippen molar-refractivity contribution in [2.45, 2.75) is 45.1 Å². The summed E-state index contributed by atoms with van der Waals surface area (Å²) in [5.41, 5.74) is 1.36. The Morgan fingerprint density at radius 2 is 2.15 bits per heavy atom. The molecule has 1 aliphatic rings. The molecule has 2 rings (SSSR count). The Morgan fingerprint density at radius 1 is 1.45 bits per heavy atom. The third-order valence-electron chi connectivity index (χ3n) is 3.77. The zero-order valence-electron chi connectivity index (χ0n) is 12.1. The average molecular weight is 279 g/mol. The van der Waals surface area contributed by atoms with E-state index in [4.69, 9.17) is 5.11 Å². The average Bonchev–Trinajstić information content (AvgIpc) is 2.95. The number of hydrogen-bond acceptors (Lipinski definition) is 3. The summed E-state index contributed by atoms with van der Waals surface area (Å²) < 4.78 is 1.64. The molecule has 1 aromatic rings. The third-order valence-corrected chi connectivity index (χ3v) is 3.77. The van der Waals surface area contributed by atoms with E-state index in [-0.39, 0.29) is 23.8 Å². The highest BCUT2D eigenvalue weighted by atomic mass is 16.4. The fourth-order valence-electron chi connectivity index (χ4n) is 2.71. The number of carbonyl (C=O) groups excluding carboxylic acids is 1. The van der Waals surface area contributed by atoms with Crippen molar-refractivity contribution in [1.29, 1.82) is 0 Å². The van der Waals surface area contributed by atoms with Crippen molar-refractivity contribution in [3.05, 3.63) is 17.5 Å². The second-order valence-electron chi connectivity index (χ2n) is 5.77. The summed E-state index contributed by atoms with van der Waals surface area (Å²) in [4.78, 5) is 23.2. The standard InChI is InChI=1S/C14H21N3O3/c1-8(2)12-11(7-17(3)16-12)13(18)15-10-5-4-9(6-10)14(19)20/h7-10H,4-6H2,1-3H3,(H,15,18)(H,19,20)/t9-,10+/m0/s1. The molecule has 1 amide bonds. The van der Waals surface area contributed by atoms with Crippen LogP contribution in [0.4, 0.5) is 0 Å². The second kappa shape index (κ2) is 5.64. The number of carboxylic acid groups (broad SMARTS) is 1. The van der Waals surface area contributed by atoms with Gasteiger partial charge in [0.2, 0.25) is 0 Å². The van der Waals surface area contributed by atoms with Crippen molar-refractivity contribution in [1.82, 2.24) is 15.1 Å². The topological polar surface area (TPSA) is 84.2 Å². The predicted molar refractivity (Wildman–Crippen MR) is 73.5 cm³/mol. The smallest absolute Gasteiger partial charge is 0.306 e. The molecule has 0 aromatic carbocycles. The van der Waals surface area contributed by atoms with Gasteiger partial charge in [0.15, 0.2) is 0 Å². The lowest BCUT2D eigenvalue weighted by molar-refractivity contribution is -0.141. The fraction of sp³-hybridized carbons (Fsp3) is 0.643. The molecule has 1 heterocycles. The van der Waals surface area contributed by atoms with Gasteiger partial charge in [0.1, 0.15) is 0 Å². The minimum absolute atomic E-state index is 0.0520. The first kappa shape index (κ1) is 14.6. The molecule has 2 atom stereocenters. The van der Waals surface area contributed by atoms with Gasteiger partial charge in [-0.25, -0.2) is 0 Å². The summed E-state index contributed by atoms with van der Waals surface area (Å²) in [6.45, 7) is 3.99. The maximum atomic E-state index is 12.3. The van der Waals surface area contributed by atoms with Crippen LogP contribution in [-0.4, -0.2) is 32.8 Å². The molecule has 0 radical (unpaired) electrons. The van der Waals surface area contributed by atoms with E-state index in [2.05, 4.69) is 10.4 Å². The van der Waals surface area contributed by atoms with Gasteiger partial charge in [-0.3, -0.25) is 14.3 Å². The highest BCUT2D eigenvalue weighted by Gasteiger charge is 2.31. The third kappa shape index (κ3) is 3.00. The molecule has 6 heteroatoms. The number of nitrogens with zero attached hydrogens (tertiary/aromatic N) is 2. The first-order valence-corrected chi connectivity index (χ1v) is 6.95. The highest BCUT2D eigenvalue weighted by molar-refractivity contribution is 5.95. The summed E-state index contributed by atoms with van der Waals surface area (Å²) in [6, 6.07) is -0.0520. The summed E-state index contributed by atoms with van der Waals surface area (Å²) in [7, 11) is 1.79. The van der Waals surface area contributed by atoms with Crippen LogP contribution in [-0.2, 0) is 11.8 Å². The molecule has 1 fully saturated rings. The van der Waals surface area contributed by atoms with Crippen LogP contribution in [0.2, 0.25) is 0 Å². The number of aromatic nitrogens is 2. The Balaban J connectivity index is 2.04. The number of hydrogen-bond donors (Lipinski definition) is 2. The van der Waals surface area contributed by atoms with Crippen molar-refractivity contribution in [2.75, 3.05) is 0 Å². The Kier molecular flexibility index (Phi) is 4.11. The van der Waals surface area contributed by atoms with Crippen molar-refractivity contribution in [2.24, 2.45) is 13.0 Å². The van der Waals surface area contributed by atoms with E-state index in [1.54, 1.807) is 17.9 Å². The lowest BCUT2D eigenvalue weighted by Gasteiger charge is -2.13. The first-order valence-electron chi connectivity index (χ1n) is 6.95. The molecule has 0 unspecified atom stereocenters. The zero-order valence-corrected chi connectivity index (χ0v) is 12.1. The van der Waals surface area contributed by atoms with Gasteiger partial charge in [0.25, 0.3) is 5.91 Å². The number of aryl methyl sites for hydroxylation is 1. The van der Waals surface area contributed by atoms with E-state index < -0.39 is 5.97 Å². The van der Waals surface area contributed by atoms with Gasteiger partial charge in [-0.05, 0) is 25.2 Å². The first-order chi connectivity index (χ1) is 9.38. The minimum Gasteiger partial charge on any atom is -0.481 e. The van der Waals surface area contributed by atoms with Crippen molar-refractivity contribution in [3.63, 3.8) is 0 Å². The number of nitrogens with one attached hydrogen (secondary N) is 1. The van der Waals surface area contributed by atoms with Crippen LogP contribution in [0.3, 0.4) is 0 Å². The van der Waals surface area contributed by atoms with Crippen LogP contribution in [0.25, 0.3) is 0 Å². The van der Waals surface area contributed by atoms with E-state index >= 15 is 0 Å². The van der Waals surface area contributed by atoms with E-state index in [1.807, 2.05) is 13.8 Å². The van der Waals surface area contributed by atoms with E-state index in [0.717, 1.165) is 12.1 Å². The van der Waals surface area contributed by atoms with E-state index in [9.17, 15) is 9.59 Å². The lowest BCUT2D eigenvalue weighted by Crippen LogP contribution is -2.33. The minimum atomic E-state index is -0.772. The van der Waals surface area contributed by atoms with Gasteiger partial charge >= 0.3 is 5.97 Å². The highest BCUT2D eigenvalue weighted by Crippen LogP contribution is 2.26. The fourth-order valence-corrected chi connectivity index (χ4v) is 2.71. The quantitative estimate of drug-likeness (QED) is 0.875. The van der Waals surface area contributed by atoms with Crippen LogP contribution in [0.5, 0.6) is 0 Å². The Bertz CT molecular complexity index is 522. The molecule has 1 saturated carbocycles. The number of carboxylic acids is 1. The molecule has 20 heavy (non-hydrogen) atoms. The molecule has 0 bridgehead atoms. The number of carbonyl (C=O) groups is 2. The maximum Gasteiger partial charge on any atom is 0.306 e. The van der Waals surface area contributed by atoms with Crippen molar-refractivity contribution >= 4 is 11.9 Å². The lowest BCUT2D eigenvalue weighted by atomic mass is 10.1. The number of amides is 1. The predicted octanol–water partition coefficient (Wildman–Crippen LogP) is 1.53. The SMILES string of the molecule is CC(C)c1nn(C)cc1C(=O)N[C@@H]1CC[C@H](C(=O)O)C1. The Labute approximate surface area is 118 Å². The summed E-state index contributed by atoms with van der Waals surface area (Å²) in [6.07, 6.45) is 3.58. The van der Waals surface area contributed by atoms with Crippen LogP contribution in [0, 0.1) is 5.92 Å². The molecule has 1 aliphatic carbocycles. The molecule has 1 aromatic heterocycles. The monoisotopic (exact) mass is 279 g/mol. The molecular formula is C14H21N3O3. The van der Waals surface area contributed by atoms with Gasteiger partial charge in [0.05, 0.1) is 17.2 Å². The van der Waals surface area contributed by atoms with Gasteiger partial charge < -0.3 is 10.4 Å². The van der Waals surface area contributed by atoms with E-state index in [1.165, 1.54) is 0 Å². The molecule has 0 spiro atoms. The van der Waals surface area contributed by atoms with Crippen LogP contribution >= 0.6 is 0 Å². The molecule has 2 N–H and O–H groups in total. The van der Waals surface area contributed by atoms with Crippen LogP contribution in [0.1, 0.15) is 55.1 Å². The molecular weight excluding hydrogens is 258 g/mol. The maximum absolute atomic E-state index is 12.3. The van der Waals surface area contributed by atoms with Gasteiger partial charge in [-0.2, -0.15) is 5.10 Å². The Morgan fingerprint density at radius 3 is 2.70 bits per heavy atom. The van der Waals surface area contributed by atoms with Gasteiger partial charge in [-0.1, -0.05) is 13.8 Å². The van der Waals surface area contributed by atoms with Crippen molar-refractivity contribution < 1.29 is 14.7 Å². The molecule has 110 valence electrons. The number of rotatable bonds is 4. The number of aliphatic carboxylic acids is 1. The van der Waals surface area contributed by atoms with Gasteiger partial charge in [-0.15, -0.1) is 0 Å². The molecule has 0 aliphatic heterocycles.